The van der Waals surface area contributed by atoms with E-state index in [-0.39, 0.29) is 12.6 Å². The molecule has 2 aromatic rings. The zero-order chi connectivity index (χ0) is 31.0. The summed E-state index contributed by atoms with van der Waals surface area (Å²) >= 11 is 0. The van der Waals surface area contributed by atoms with Crippen LogP contribution in [0.5, 0.6) is 0 Å². The number of ether oxygens (including phenoxy) is 2. The summed E-state index contributed by atoms with van der Waals surface area (Å²) in [7, 11) is 0. The van der Waals surface area contributed by atoms with E-state index in [9.17, 15) is 60.8 Å². The maximum absolute atomic E-state index is 12.6. The molecule has 2 saturated heterocycles. The number of aromatic amines is 2. The average Bonchev–Trinajstić information content (AvgIpc) is 3.36. The molecule has 7 atom stereocenters. The van der Waals surface area contributed by atoms with Gasteiger partial charge in [-0.2, -0.15) is 26.3 Å². The van der Waals surface area contributed by atoms with Crippen molar-refractivity contribution >= 4 is 0 Å². The minimum absolute atomic E-state index is 0.172. The van der Waals surface area contributed by atoms with Crippen LogP contribution in [0.4, 0.5) is 26.3 Å². The minimum atomic E-state index is -5.01. The smallest absolute Gasteiger partial charge is 0.394 e. The van der Waals surface area contributed by atoms with Crippen molar-refractivity contribution < 1.29 is 61.3 Å². The van der Waals surface area contributed by atoms with Gasteiger partial charge in [-0.1, -0.05) is 0 Å². The number of aliphatic hydroxyl groups excluding tert-OH is 5. The summed E-state index contributed by atoms with van der Waals surface area (Å²) in [6, 6.07) is 0. The lowest BCUT2D eigenvalue weighted by Gasteiger charge is -2.18. The quantitative estimate of drug-likeness (QED) is 0.178. The normalized spacial score (nSPS) is 28.4. The van der Waals surface area contributed by atoms with E-state index in [4.69, 9.17) is 19.7 Å². The first-order valence-electron chi connectivity index (χ1n) is 11.3. The Bertz CT molecular complexity index is 1470. The Morgan fingerprint density at radius 3 is 1.63 bits per heavy atom. The highest BCUT2D eigenvalue weighted by atomic mass is 19.4. The first-order valence-corrected chi connectivity index (χ1v) is 11.3. The Hall–Kier alpha value is -3.34. The highest BCUT2D eigenvalue weighted by Crippen LogP contribution is 2.31. The lowest BCUT2D eigenvalue weighted by molar-refractivity contribution is -0.140. The molecule has 21 heteroatoms. The Labute approximate surface area is 221 Å². The minimum Gasteiger partial charge on any atom is -0.394 e. The van der Waals surface area contributed by atoms with Crippen molar-refractivity contribution in [1.82, 2.24) is 19.1 Å². The van der Waals surface area contributed by atoms with Gasteiger partial charge in [0.05, 0.1) is 19.3 Å². The molecule has 0 aliphatic carbocycles. The van der Waals surface area contributed by atoms with Gasteiger partial charge in [0.1, 0.15) is 41.8 Å². The summed E-state index contributed by atoms with van der Waals surface area (Å²) in [6.07, 6.45) is -19.1. The number of nitrogens with zero attached hydrogens (tertiary/aromatic N) is 2. The summed E-state index contributed by atoms with van der Waals surface area (Å²) in [6.45, 7) is -1.25. The molecule has 0 bridgehead atoms. The summed E-state index contributed by atoms with van der Waals surface area (Å²) < 4.78 is 86.6. The molecule has 41 heavy (non-hydrogen) atoms. The van der Waals surface area contributed by atoms with Crippen molar-refractivity contribution in [2.24, 2.45) is 0 Å². The maximum Gasteiger partial charge on any atom is 0.423 e. The number of H-pyrrole nitrogens is 2. The van der Waals surface area contributed by atoms with Crippen LogP contribution >= 0.6 is 0 Å². The number of nitrogens with one attached hydrogen (secondary N) is 2. The van der Waals surface area contributed by atoms with Crippen molar-refractivity contribution in [3.63, 3.8) is 0 Å². The monoisotopic (exact) mass is 608 g/mol. The van der Waals surface area contributed by atoms with Gasteiger partial charge in [-0.15, -0.1) is 0 Å². The maximum atomic E-state index is 12.6. The van der Waals surface area contributed by atoms with E-state index >= 15 is 0 Å². The lowest BCUT2D eigenvalue weighted by Crippen LogP contribution is -2.40. The zero-order valence-corrected chi connectivity index (χ0v) is 20.2. The van der Waals surface area contributed by atoms with Gasteiger partial charge >= 0.3 is 23.7 Å². The van der Waals surface area contributed by atoms with Crippen molar-refractivity contribution in [1.29, 1.82) is 0 Å². The van der Waals surface area contributed by atoms with Crippen LogP contribution in [0.25, 0.3) is 0 Å². The molecule has 2 fully saturated rings. The van der Waals surface area contributed by atoms with Crippen LogP contribution < -0.4 is 22.5 Å². The fraction of sp³-hybridized carbons (Fsp3) is 0.600. The highest BCUT2D eigenvalue weighted by Gasteiger charge is 2.45. The molecule has 230 valence electrons. The number of aliphatic hydroxyl groups is 5. The second-order valence-corrected chi connectivity index (χ2v) is 8.76. The molecule has 2 aliphatic rings. The van der Waals surface area contributed by atoms with E-state index in [1.165, 1.54) is 4.98 Å². The number of alkyl halides is 6. The fourth-order valence-electron chi connectivity index (χ4n) is 3.94. The molecule has 4 rings (SSSR count). The Morgan fingerprint density at radius 1 is 0.756 bits per heavy atom. The summed E-state index contributed by atoms with van der Waals surface area (Å²) in [4.78, 5) is 48.3. The topological polar surface area (TPSA) is 229 Å². The van der Waals surface area contributed by atoms with Gasteiger partial charge in [0, 0.05) is 18.8 Å². The van der Waals surface area contributed by atoms with Gasteiger partial charge in [0.15, 0.2) is 6.23 Å². The third kappa shape index (κ3) is 6.77. The molecule has 4 heterocycles. The van der Waals surface area contributed by atoms with Crippen LogP contribution in [-0.2, 0) is 21.8 Å². The van der Waals surface area contributed by atoms with E-state index in [1.807, 2.05) is 0 Å². The van der Waals surface area contributed by atoms with Crippen LogP contribution in [-0.4, -0.2) is 88.4 Å². The highest BCUT2D eigenvalue weighted by molar-refractivity contribution is 5.10. The van der Waals surface area contributed by atoms with Crippen molar-refractivity contribution in [2.75, 3.05) is 13.2 Å². The molecule has 0 saturated carbocycles. The van der Waals surface area contributed by atoms with Gasteiger partial charge in [-0.05, 0) is 0 Å². The molecular weight excluding hydrogens is 586 g/mol. The van der Waals surface area contributed by atoms with Gasteiger partial charge in [-0.25, -0.2) is 9.59 Å². The molecule has 0 spiro atoms. The molecule has 0 radical (unpaired) electrons. The third-order valence-electron chi connectivity index (χ3n) is 6.03. The number of rotatable bonds is 4. The van der Waals surface area contributed by atoms with Crippen LogP contribution in [0, 0.1) is 0 Å². The van der Waals surface area contributed by atoms with Gasteiger partial charge in [-0.3, -0.25) is 28.7 Å². The van der Waals surface area contributed by atoms with Gasteiger partial charge in [0.2, 0.25) is 0 Å². The molecule has 0 aromatic carbocycles. The van der Waals surface area contributed by atoms with Crippen LogP contribution in [0.2, 0.25) is 0 Å². The average molecular weight is 608 g/mol. The van der Waals surface area contributed by atoms with Gasteiger partial charge in [0.25, 0.3) is 11.1 Å². The zero-order valence-electron chi connectivity index (χ0n) is 20.2. The number of aromatic nitrogens is 4. The van der Waals surface area contributed by atoms with E-state index in [0.29, 0.717) is 15.3 Å². The fourth-order valence-corrected chi connectivity index (χ4v) is 3.94. The summed E-state index contributed by atoms with van der Waals surface area (Å²) in [5.41, 5.74) is -8.70. The number of hydrogen-bond donors (Lipinski definition) is 7. The standard InChI is InChI=1S/C10H11F3N2O6.C10H11F3N2O5/c11-10(12,13)3-1-15(9(20)14-7(3)19)8-6(18)5(17)4(2-16)21-8;11-10(12,13)4-2-15(9(19)14-8(4)18)7-1-5(17)6(3-16)20-7/h1,4-6,8,16-18H,2H2,(H,14,19,20);2,5-7,16-17H,1,3H2,(H,14,18,19)/t4-,5-,6-,8-;5-,6+,7+/m10/s1. The largest absolute Gasteiger partial charge is 0.423 e. The van der Waals surface area contributed by atoms with E-state index in [0.717, 1.165) is 0 Å². The van der Waals surface area contributed by atoms with Crippen molar-refractivity contribution in [3.8, 4) is 0 Å². The van der Waals surface area contributed by atoms with Crippen molar-refractivity contribution in [3.05, 3.63) is 65.2 Å². The van der Waals surface area contributed by atoms with Crippen LogP contribution in [0.1, 0.15) is 30.0 Å². The predicted molar refractivity (Wildman–Crippen MR) is 117 cm³/mol. The Morgan fingerprint density at radius 2 is 1.22 bits per heavy atom. The molecular formula is C20H22F6N4O11. The van der Waals surface area contributed by atoms with Crippen molar-refractivity contribution in [2.45, 2.75) is 61.7 Å². The predicted octanol–water partition coefficient (Wildman–Crippen LogP) is -2.64. The van der Waals surface area contributed by atoms with E-state index in [1.54, 1.807) is 4.98 Å². The van der Waals surface area contributed by atoms with Gasteiger partial charge < -0.3 is 35.0 Å². The summed E-state index contributed by atoms with van der Waals surface area (Å²) in [5, 5.41) is 46.5. The molecule has 2 aliphatic heterocycles. The second-order valence-electron chi connectivity index (χ2n) is 8.76. The second kappa shape index (κ2) is 11.9. The van der Waals surface area contributed by atoms with E-state index < -0.39 is 102 Å². The SMILES string of the molecule is O=c1[nH]c(=O)n([C@@H]2O[C@H](CO)[C@@H](O)[C@H]2O)cc1C(F)(F)F.O=c1[nH]c(=O)n([C@H]2C[C@H](O)[C@@H](CO)O2)cc1C(F)(F)F. The van der Waals surface area contributed by atoms with Crippen LogP contribution in [0.15, 0.2) is 31.6 Å². The summed E-state index contributed by atoms with van der Waals surface area (Å²) in [5.74, 6) is 0. The Balaban J connectivity index is 0.000000226. The van der Waals surface area contributed by atoms with Crippen LogP contribution in [0.3, 0.4) is 0 Å². The first kappa shape index (κ1) is 32.2. The van der Waals surface area contributed by atoms with E-state index in [2.05, 4.69) is 0 Å². The molecule has 15 nitrogen and oxygen atoms in total. The molecule has 0 amide bonds. The Kier molecular flexibility index (Phi) is 9.32. The molecule has 2 aromatic heterocycles. The molecule has 7 N–H and O–H groups in total. The lowest BCUT2D eigenvalue weighted by atomic mass is 10.1. The molecule has 0 unspecified atom stereocenters. The number of hydrogen-bond acceptors (Lipinski definition) is 11. The third-order valence-corrected chi connectivity index (χ3v) is 6.03. The number of halogens is 6. The first-order chi connectivity index (χ1) is 18.9.